The van der Waals surface area contributed by atoms with Gasteiger partial charge >= 0.3 is 0 Å². The lowest BCUT2D eigenvalue weighted by Crippen LogP contribution is -1.77. The van der Waals surface area contributed by atoms with Crippen molar-refractivity contribution in [3.8, 4) is 0 Å². The van der Waals surface area contributed by atoms with Gasteiger partial charge in [0.1, 0.15) is 0 Å². The molecule has 0 spiro atoms. The average Bonchev–Trinajstić information content (AvgIpc) is 2.49. The van der Waals surface area contributed by atoms with Crippen LogP contribution >= 0.6 is 0 Å². The molecule has 0 aliphatic carbocycles. The van der Waals surface area contributed by atoms with Crippen molar-refractivity contribution in [1.82, 2.24) is 0 Å². The highest BCUT2D eigenvalue weighted by Gasteiger charge is 1.97. The Bertz CT molecular complexity index is 636. The number of hydrogen-bond acceptors (Lipinski definition) is 0. The fourth-order valence-electron chi connectivity index (χ4n) is 2.06. The van der Waals surface area contributed by atoms with Gasteiger partial charge in [-0.05, 0) is 40.6 Å². The molecule has 0 N–H and O–H groups in total. The van der Waals surface area contributed by atoms with Gasteiger partial charge in [-0.15, -0.1) is 0 Å². The second kappa shape index (κ2) is 7.58. The monoisotopic (exact) mass is 252 g/mol. The molecular weight excluding hydrogens is 228 g/mol. The summed E-state index contributed by atoms with van der Waals surface area (Å²) in [6.07, 6.45) is 0. The van der Waals surface area contributed by atoms with Gasteiger partial charge in [0.2, 0.25) is 0 Å². The van der Waals surface area contributed by atoms with E-state index in [9.17, 15) is 0 Å². The summed E-state index contributed by atoms with van der Waals surface area (Å²) in [5, 5.41) is 5.28. The SMILES string of the molecule is CC.CC.Cc1ccc2cc3ccccc3cc2c1. The Balaban J connectivity index is 0.000000415. The van der Waals surface area contributed by atoms with Crippen LogP contribution < -0.4 is 0 Å². The first kappa shape index (κ1) is 15.2. The molecule has 0 heterocycles. The molecule has 0 bridgehead atoms. The number of fused-ring (bicyclic) bond motifs is 2. The van der Waals surface area contributed by atoms with Gasteiger partial charge in [-0.25, -0.2) is 0 Å². The molecule has 3 aromatic carbocycles. The van der Waals surface area contributed by atoms with Crippen molar-refractivity contribution in [2.75, 3.05) is 0 Å². The molecule has 0 unspecified atom stereocenters. The molecule has 0 aromatic heterocycles. The van der Waals surface area contributed by atoms with Crippen LogP contribution in [0.3, 0.4) is 0 Å². The third kappa shape index (κ3) is 3.57. The minimum Gasteiger partial charge on any atom is -0.0683 e. The number of hydrogen-bond donors (Lipinski definition) is 0. The first-order valence-electron chi connectivity index (χ1n) is 7.22. The van der Waals surface area contributed by atoms with Crippen LogP contribution in [0.2, 0.25) is 0 Å². The molecule has 0 heteroatoms. The number of rotatable bonds is 0. The van der Waals surface area contributed by atoms with Crippen molar-refractivity contribution in [2.45, 2.75) is 34.6 Å². The van der Waals surface area contributed by atoms with E-state index in [4.69, 9.17) is 0 Å². The molecule has 100 valence electrons. The van der Waals surface area contributed by atoms with Crippen molar-refractivity contribution in [3.63, 3.8) is 0 Å². The van der Waals surface area contributed by atoms with Crippen molar-refractivity contribution in [1.29, 1.82) is 0 Å². The molecule has 3 aromatic rings. The summed E-state index contributed by atoms with van der Waals surface area (Å²) in [5.41, 5.74) is 1.32. The number of benzene rings is 3. The second-order valence-corrected chi connectivity index (χ2v) is 4.05. The van der Waals surface area contributed by atoms with Crippen LogP contribution in [0.25, 0.3) is 21.5 Å². The van der Waals surface area contributed by atoms with Gasteiger partial charge in [0.25, 0.3) is 0 Å². The summed E-state index contributed by atoms with van der Waals surface area (Å²) in [7, 11) is 0. The van der Waals surface area contributed by atoms with Gasteiger partial charge in [-0.2, -0.15) is 0 Å². The van der Waals surface area contributed by atoms with Gasteiger partial charge in [-0.1, -0.05) is 75.7 Å². The Morgan fingerprint density at radius 1 is 0.526 bits per heavy atom. The van der Waals surface area contributed by atoms with Crippen LogP contribution in [0.5, 0.6) is 0 Å². The van der Waals surface area contributed by atoms with E-state index in [0.717, 1.165) is 0 Å². The Labute approximate surface area is 117 Å². The quantitative estimate of drug-likeness (QED) is 0.409. The fourth-order valence-corrected chi connectivity index (χ4v) is 2.06. The predicted molar refractivity (Wildman–Crippen MR) is 88.9 cm³/mol. The van der Waals surface area contributed by atoms with Crippen molar-refractivity contribution < 1.29 is 0 Å². The summed E-state index contributed by atoms with van der Waals surface area (Å²) < 4.78 is 0. The standard InChI is InChI=1S/C15H12.2C2H6/c1-11-6-7-14-9-12-4-2-3-5-13(12)10-15(14)8-11;2*1-2/h2-10H,1H3;2*1-2H3. The second-order valence-electron chi connectivity index (χ2n) is 4.05. The van der Waals surface area contributed by atoms with Crippen LogP contribution in [-0.2, 0) is 0 Å². The molecule has 0 amide bonds. The molecule has 0 saturated heterocycles. The van der Waals surface area contributed by atoms with Gasteiger partial charge in [0.15, 0.2) is 0 Å². The van der Waals surface area contributed by atoms with E-state index < -0.39 is 0 Å². The maximum Gasteiger partial charge on any atom is -0.0175 e. The lowest BCUT2D eigenvalue weighted by Gasteiger charge is -2.02. The highest BCUT2D eigenvalue weighted by Crippen LogP contribution is 2.23. The Kier molecular flexibility index (Phi) is 6.08. The zero-order chi connectivity index (χ0) is 14.3. The van der Waals surface area contributed by atoms with Crippen LogP contribution in [0, 0.1) is 6.92 Å². The Hall–Kier alpha value is -1.82. The zero-order valence-corrected chi connectivity index (χ0v) is 12.7. The van der Waals surface area contributed by atoms with Gasteiger partial charge < -0.3 is 0 Å². The van der Waals surface area contributed by atoms with Crippen molar-refractivity contribution in [2.24, 2.45) is 0 Å². The van der Waals surface area contributed by atoms with E-state index in [0.29, 0.717) is 0 Å². The highest BCUT2D eigenvalue weighted by atomic mass is 14.0. The summed E-state index contributed by atoms with van der Waals surface area (Å²) >= 11 is 0. The first-order chi connectivity index (χ1) is 9.33. The number of aryl methyl sites for hydroxylation is 1. The summed E-state index contributed by atoms with van der Waals surface area (Å²) in [6, 6.07) is 19.6. The maximum atomic E-state index is 2.26. The zero-order valence-electron chi connectivity index (χ0n) is 12.7. The molecule has 0 aliphatic rings. The smallest absolute Gasteiger partial charge is 0.0175 e. The largest absolute Gasteiger partial charge is 0.0683 e. The molecule has 0 fully saturated rings. The van der Waals surface area contributed by atoms with E-state index in [1.807, 2.05) is 27.7 Å². The predicted octanol–water partition coefficient (Wildman–Crippen LogP) is 6.35. The minimum atomic E-state index is 1.31. The van der Waals surface area contributed by atoms with E-state index in [-0.39, 0.29) is 0 Å². The maximum absolute atomic E-state index is 2.26. The highest BCUT2D eigenvalue weighted by molar-refractivity contribution is 5.98. The van der Waals surface area contributed by atoms with E-state index >= 15 is 0 Å². The van der Waals surface area contributed by atoms with Crippen LogP contribution in [0.4, 0.5) is 0 Å². The normalized spacial score (nSPS) is 9.32. The van der Waals surface area contributed by atoms with Gasteiger partial charge in [0.05, 0.1) is 0 Å². The van der Waals surface area contributed by atoms with Gasteiger partial charge in [-0.3, -0.25) is 0 Å². The average molecular weight is 252 g/mol. The lowest BCUT2D eigenvalue weighted by molar-refractivity contribution is 1.50. The topological polar surface area (TPSA) is 0 Å². The molecule has 0 radical (unpaired) electrons. The van der Waals surface area contributed by atoms with Crippen LogP contribution in [0.15, 0.2) is 54.6 Å². The molecule has 0 aliphatic heterocycles. The van der Waals surface area contributed by atoms with Crippen LogP contribution in [-0.4, -0.2) is 0 Å². The van der Waals surface area contributed by atoms with Crippen molar-refractivity contribution in [3.05, 3.63) is 60.2 Å². The van der Waals surface area contributed by atoms with Gasteiger partial charge in [0, 0.05) is 0 Å². The summed E-state index contributed by atoms with van der Waals surface area (Å²) in [5.74, 6) is 0. The summed E-state index contributed by atoms with van der Waals surface area (Å²) in [4.78, 5) is 0. The van der Waals surface area contributed by atoms with E-state index in [2.05, 4.69) is 61.5 Å². The molecule has 0 saturated carbocycles. The third-order valence-electron chi connectivity index (χ3n) is 2.86. The summed E-state index contributed by atoms with van der Waals surface area (Å²) in [6.45, 7) is 10.1. The van der Waals surface area contributed by atoms with E-state index in [1.165, 1.54) is 27.1 Å². The van der Waals surface area contributed by atoms with Crippen molar-refractivity contribution >= 4 is 21.5 Å². The molecular formula is C19H24. The third-order valence-corrected chi connectivity index (χ3v) is 2.86. The minimum absolute atomic E-state index is 1.31. The molecule has 19 heavy (non-hydrogen) atoms. The molecule has 3 rings (SSSR count). The Morgan fingerprint density at radius 2 is 1.00 bits per heavy atom. The molecule has 0 atom stereocenters. The lowest BCUT2D eigenvalue weighted by atomic mass is 10.0. The molecule has 0 nitrogen and oxygen atoms in total. The fraction of sp³-hybridized carbons (Fsp3) is 0.263. The first-order valence-corrected chi connectivity index (χ1v) is 7.22. The van der Waals surface area contributed by atoms with Crippen LogP contribution in [0.1, 0.15) is 33.3 Å². The Morgan fingerprint density at radius 3 is 1.58 bits per heavy atom. The van der Waals surface area contributed by atoms with E-state index in [1.54, 1.807) is 0 Å².